The highest BCUT2D eigenvalue weighted by Crippen LogP contribution is 2.28. The van der Waals surface area contributed by atoms with E-state index in [0.29, 0.717) is 5.56 Å². The Bertz CT molecular complexity index is 920. The Balaban J connectivity index is 1.79. The van der Waals surface area contributed by atoms with Crippen molar-refractivity contribution in [2.24, 2.45) is 5.73 Å². The summed E-state index contributed by atoms with van der Waals surface area (Å²) < 4.78 is 0. The number of rotatable bonds is 7. The number of aromatic nitrogens is 1. The summed E-state index contributed by atoms with van der Waals surface area (Å²) in [6.07, 6.45) is 1.75. The molecular weight excluding hydrogens is 334 g/mol. The summed E-state index contributed by atoms with van der Waals surface area (Å²) in [5, 5.41) is 4.16. The van der Waals surface area contributed by atoms with Crippen LogP contribution in [-0.4, -0.2) is 28.5 Å². The van der Waals surface area contributed by atoms with Crippen LogP contribution in [0.5, 0.6) is 0 Å². The highest BCUT2D eigenvalue weighted by molar-refractivity contribution is 8.00. The van der Waals surface area contributed by atoms with E-state index >= 15 is 0 Å². The van der Waals surface area contributed by atoms with E-state index in [9.17, 15) is 9.59 Å². The number of carbonyl (C=O) groups excluding carboxylic acids is 2. The number of para-hydroxylation sites is 2. The maximum atomic E-state index is 12.8. The third kappa shape index (κ3) is 3.85. The fourth-order valence-electron chi connectivity index (χ4n) is 2.67. The van der Waals surface area contributed by atoms with E-state index in [-0.39, 0.29) is 17.4 Å². The molecule has 0 saturated carbocycles. The van der Waals surface area contributed by atoms with Crippen molar-refractivity contribution in [2.75, 3.05) is 11.1 Å². The lowest BCUT2D eigenvalue weighted by Crippen LogP contribution is -2.26. The first kappa shape index (κ1) is 17.1. The lowest BCUT2D eigenvalue weighted by atomic mass is 10.0. The Kier molecular flexibility index (Phi) is 5.09. The number of fused-ring (bicyclic) bond motifs is 1. The molecule has 0 aliphatic rings. The van der Waals surface area contributed by atoms with E-state index in [0.717, 1.165) is 21.5 Å². The molecule has 1 aromatic heterocycles. The normalized spacial score (nSPS) is 12.0. The third-order valence-electron chi connectivity index (χ3n) is 3.88. The number of amides is 1. The molecule has 0 radical (unpaired) electrons. The summed E-state index contributed by atoms with van der Waals surface area (Å²) in [6, 6.07) is 14.9. The summed E-state index contributed by atoms with van der Waals surface area (Å²) in [4.78, 5) is 27.9. The van der Waals surface area contributed by atoms with Crippen molar-refractivity contribution < 1.29 is 9.59 Å². The second-order valence-electron chi connectivity index (χ2n) is 5.73. The van der Waals surface area contributed by atoms with Crippen LogP contribution in [0.15, 0.2) is 59.6 Å². The lowest BCUT2D eigenvalue weighted by molar-refractivity contribution is -0.115. The molecule has 0 fully saturated rings. The van der Waals surface area contributed by atoms with Crippen LogP contribution < -0.4 is 11.1 Å². The molecule has 0 bridgehead atoms. The molecule has 3 aromatic rings. The monoisotopic (exact) mass is 353 g/mol. The van der Waals surface area contributed by atoms with Crippen molar-refractivity contribution in [1.82, 2.24) is 4.98 Å². The van der Waals surface area contributed by atoms with E-state index in [1.165, 1.54) is 11.8 Å². The van der Waals surface area contributed by atoms with Crippen LogP contribution in [0.1, 0.15) is 17.3 Å². The average Bonchev–Trinajstić information content (AvgIpc) is 3.04. The maximum absolute atomic E-state index is 12.8. The Morgan fingerprint density at radius 3 is 2.68 bits per heavy atom. The second-order valence-corrected chi connectivity index (χ2v) is 6.75. The van der Waals surface area contributed by atoms with Crippen LogP contribution in [0.25, 0.3) is 10.9 Å². The number of ketones is 1. The predicted octanol–water partition coefficient (Wildman–Crippen LogP) is 3.43. The van der Waals surface area contributed by atoms with Crippen molar-refractivity contribution in [1.29, 1.82) is 0 Å². The van der Waals surface area contributed by atoms with Gasteiger partial charge in [-0.1, -0.05) is 30.3 Å². The third-order valence-corrected chi connectivity index (χ3v) is 4.97. The minimum Gasteiger partial charge on any atom is -0.374 e. The molecule has 1 atom stereocenters. The van der Waals surface area contributed by atoms with Crippen LogP contribution in [0, 0.1) is 0 Å². The number of primary amides is 1. The minimum absolute atomic E-state index is 0.00662. The average molecular weight is 353 g/mol. The SMILES string of the molecule is C[C@@H](Nc1ccccc1SCC(N)=O)C(=O)c1c[nH]c2ccccc12. The number of anilines is 1. The Morgan fingerprint density at radius 2 is 1.88 bits per heavy atom. The topological polar surface area (TPSA) is 88.0 Å². The molecule has 25 heavy (non-hydrogen) atoms. The molecule has 128 valence electrons. The van der Waals surface area contributed by atoms with Gasteiger partial charge >= 0.3 is 0 Å². The fraction of sp³-hybridized carbons (Fsp3) is 0.158. The smallest absolute Gasteiger partial charge is 0.227 e. The van der Waals surface area contributed by atoms with Crippen LogP contribution in [0.4, 0.5) is 5.69 Å². The van der Waals surface area contributed by atoms with Crippen molar-refractivity contribution in [3.8, 4) is 0 Å². The lowest BCUT2D eigenvalue weighted by Gasteiger charge is -2.16. The molecular formula is C19H19N3O2S. The largest absolute Gasteiger partial charge is 0.374 e. The summed E-state index contributed by atoms with van der Waals surface area (Å²) in [5.41, 5.74) is 7.64. The standard InChI is InChI=1S/C19H19N3O2S/c1-12(19(24)14-10-21-15-7-3-2-6-13(14)15)22-16-8-4-5-9-17(16)25-11-18(20)23/h2-10,12,21-22H,11H2,1H3,(H2,20,23)/t12-/m1/s1. The summed E-state index contributed by atoms with van der Waals surface area (Å²) in [5.74, 6) is -0.168. The van der Waals surface area contributed by atoms with Crippen molar-refractivity contribution >= 4 is 40.0 Å². The predicted molar refractivity (Wildman–Crippen MR) is 102 cm³/mol. The van der Waals surface area contributed by atoms with Gasteiger partial charge in [0.05, 0.1) is 11.8 Å². The summed E-state index contributed by atoms with van der Waals surface area (Å²) in [7, 11) is 0. The van der Waals surface area contributed by atoms with E-state index in [2.05, 4.69) is 10.3 Å². The first-order valence-corrected chi connectivity index (χ1v) is 8.92. The van der Waals surface area contributed by atoms with Gasteiger partial charge in [0.2, 0.25) is 5.91 Å². The second kappa shape index (κ2) is 7.44. The molecule has 1 heterocycles. The first-order chi connectivity index (χ1) is 12.1. The Labute approximate surface area is 150 Å². The van der Waals surface area contributed by atoms with Crippen LogP contribution in [0.3, 0.4) is 0 Å². The summed E-state index contributed by atoms with van der Waals surface area (Å²) >= 11 is 1.35. The number of carbonyl (C=O) groups is 2. The zero-order valence-electron chi connectivity index (χ0n) is 13.8. The first-order valence-electron chi connectivity index (χ1n) is 7.93. The van der Waals surface area contributed by atoms with Gasteiger partial charge in [0, 0.05) is 33.2 Å². The molecule has 5 nitrogen and oxygen atoms in total. The molecule has 2 aromatic carbocycles. The summed E-state index contributed by atoms with van der Waals surface area (Å²) in [6.45, 7) is 1.83. The molecule has 0 unspecified atom stereocenters. The number of aromatic amines is 1. The zero-order valence-corrected chi connectivity index (χ0v) is 14.6. The number of hydrogen-bond donors (Lipinski definition) is 3. The van der Waals surface area contributed by atoms with Gasteiger partial charge in [0.1, 0.15) is 0 Å². The van der Waals surface area contributed by atoms with Crippen molar-refractivity contribution in [3.05, 3.63) is 60.3 Å². The minimum atomic E-state index is -0.408. The molecule has 0 aliphatic heterocycles. The van der Waals surface area contributed by atoms with E-state index in [1.54, 1.807) is 6.20 Å². The number of H-pyrrole nitrogens is 1. The van der Waals surface area contributed by atoms with Crippen molar-refractivity contribution in [3.63, 3.8) is 0 Å². The zero-order chi connectivity index (χ0) is 17.8. The van der Waals surface area contributed by atoms with E-state index in [1.807, 2.05) is 55.5 Å². The van der Waals surface area contributed by atoms with Crippen molar-refractivity contribution in [2.45, 2.75) is 17.9 Å². The molecule has 1 amide bonds. The maximum Gasteiger partial charge on any atom is 0.227 e. The van der Waals surface area contributed by atoms with Gasteiger partial charge in [0.25, 0.3) is 0 Å². The molecule has 0 spiro atoms. The fourth-order valence-corrected chi connectivity index (χ4v) is 3.42. The van der Waals surface area contributed by atoms with Crippen LogP contribution in [-0.2, 0) is 4.79 Å². The number of nitrogens with one attached hydrogen (secondary N) is 2. The number of benzene rings is 2. The van der Waals surface area contributed by atoms with Gasteiger partial charge in [0.15, 0.2) is 5.78 Å². The highest BCUT2D eigenvalue weighted by atomic mass is 32.2. The number of thioether (sulfide) groups is 1. The number of hydrogen-bond acceptors (Lipinski definition) is 4. The Hall–Kier alpha value is -2.73. The van der Waals surface area contributed by atoms with Gasteiger partial charge in [-0.3, -0.25) is 9.59 Å². The number of nitrogens with two attached hydrogens (primary N) is 1. The molecule has 4 N–H and O–H groups in total. The molecule has 3 rings (SSSR count). The van der Waals surface area contributed by atoms with E-state index in [4.69, 9.17) is 5.73 Å². The van der Waals surface area contributed by atoms with Crippen LogP contribution in [0.2, 0.25) is 0 Å². The number of Topliss-reactive ketones (excluding diaryl/α,β-unsaturated/α-hetero) is 1. The van der Waals surface area contributed by atoms with Gasteiger partial charge in [-0.15, -0.1) is 11.8 Å². The molecule has 0 saturated heterocycles. The van der Waals surface area contributed by atoms with Gasteiger partial charge < -0.3 is 16.0 Å². The van der Waals surface area contributed by atoms with Crippen LogP contribution >= 0.6 is 11.8 Å². The van der Waals surface area contributed by atoms with Gasteiger partial charge in [-0.25, -0.2) is 0 Å². The molecule has 0 aliphatic carbocycles. The highest BCUT2D eigenvalue weighted by Gasteiger charge is 2.19. The van der Waals surface area contributed by atoms with Gasteiger partial charge in [-0.2, -0.15) is 0 Å². The van der Waals surface area contributed by atoms with Gasteiger partial charge in [-0.05, 0) is 25.1 Å². The Morgan fingerprint density at radius 1 is 1.16 bits per heavy atom. The quantitative estimate of drug-likeness (QED) is 0.448. The van der Waals surface area contributed by atoms with E-state index < -0.39 is 6.04 Å². The molecule has 6 heteroatoms.